The first-order valence-electron chi connectivity index (χ1n) is 11.9. The van der Waals surface area contributed by atoms with Crippen molar-refractivity contribution >= 4 is 6.08 Å². The van der Waals surface area contributed by atoms with Crippen LogP contribution in [0.3, 0.4) is 0 Å². The molecule has 3 rings (SSSR count). The molecule has 0 fully saturated rings. The third kappa shape index (κ3) is 7.19. The maximum Gasteiger partial charge on any atom is 0.200 e. The van der Waals surface area contributed by atoms with Gasteiger partial charge in [-0.25, -0.2) is 14.4 Å². The minimum Gasteiger partial charge on any atom is -0.505 e. The summed E-state index contributed by atoms with van der Waals surface area (Å²) in [6, 6.07) is 9.36. The van der Waals surface area contributed by atoms with E-state index in [2.05, 4.69) is 29.9 Å². The van der Waals surface area contributed by atoms with Gasteiger partial charge in [-0.3, -0.25) is 0 Å². The Labute approximate surface area is 200 Å². The quantitative estimate of drug-likeness (QED) is 0.280. The standard InChI is InChI=1S/C28H32F2N2O2/c1-3-4-8-17-34-20(2)9-6-5-7-10-21-18-31-28(32-19-21)23-13-11-22(12-14-23)24-15-16-25(33)27(30)26(24)29/h7,10-16,18-20,33H,3-6,8-9,17H2,1-2H3/b10-7+. The van der Waals surface area contributed by atoms with E-state index in [4.69, 9.17) is 4.74 Å². The zero-order valence-electron chi connectivity index (χ0n) is 19.8. The van der Waals surface area contributed by atoms with Crippen LogP contribution in [0.25, 0.3) is 28.6 Å². The molecule has 3 aromatic rings. The topological polar surface area (TPSA) is 55.2 Å². The lowest BCUT2D eigenvalue weighted by Gasteiger charge is -2.11. The normalized spacial score (nSPS) is 12.4. The molecule has 6 heteroatoms. The van der Waals surface area contributed by atoms with Crippen molar-refractivity contribution in [3.05, 3.63) is 72.1 Å². The molecule has 1 aromatic heterocycles. The number of nitrogens with zero attached hydrogens (tertiary/aromatic N) is 2. The van der Waals surface area contributed by atoms with Crippen LogP contribution >= 0.6 is 0 Å². The zero-order chi connectivity index (χ0) is 24.3. The number of aromatic nitrogens is 2. The number of ether oxygens (including phenoxy) is 1. The van der Waals surface area contributed by atoms with Gasteiger partial charge in [-0.1, -0.05) is 56.2 Å². The molecule has 1 N–H and O–H groups in total. The Balaban J connectivity index is 1.50. The first kappa shape index (κ1) is 25.5. The van der Waals surface area contributed by atoms with Crippen LogP contribution in [0.1, 0.15) is 57.9 Å². The molecule has 4 nitrogen and oxygen atoms in total. The molecular formula is C28H32F2N2O2. The summed E-state index contributed by atoms with van der Waals surface area (Å²) in [5, 5.41) is 9.29. The summed E-state index contributed by atoms with van der Waals surface area (Å²) in [7, 11) is 0. The summed E-state index contributed by atoms with van der Waals surface area (Å²) >= 11 is 0. The van der Waals surface area contributed by atoms with Gasteiger partial charge < -0.3 is 9.84 Å². The fourth-order valence-electron chi connectivity index (χ4n) is 3.60. The monoisotopic (exact) mass is 466 g/mol. The van der Waals surface area contributed by atoms with E-state index in [0.29, 0.717) is 17.5 Å². The van der Waals surface area contributed by atoms with Crippen molar-refractivity contribution in [3.8, 4) is 28.3 Å². The van der Waals surface area contributed by atoms with Gasteiger partial charge in [-0.15, -0.1) is 0 Å². The van der Waals surface area contributed by atoms with Crippen LogP contribution < -0.4 is 0 Å². The number of phenolic OH excluding ortho intramolecular Hbond substituents is 1. The second-order valence-corrected chi connectivity index (χ2v) is 8.40. The van der Waals surface area contributed by atoms with Crippen LogP contribution in [0.2, 0.25) is 0 Å². The minimum atomic E-state index is -1.25. The average Bonchev–Trinajstić information content (AvgIpc) is 2.86. The number of unbranched alkanes of at least 4 members (excludes halogenated alkanes) is 3. The number of allylic oxidation sites excluding steroid dienone is 1. The molecular weight excluding hydrogens is 434 g/mol. The van der Waals surface area contributed by atoms with Crippen molar-refractivity contribution < 1.29 is 18.6 Å². The van der Waals surface area contributed by atoms with Crippen LogP contribution in [0.15, 0.2) is 54.9 Å². The van der Waals surface area contributed by atoms with Gasteiger partial charge in [-0.05, 0) is 50.3 Å². The van der Waals surface area contributed by atoms with Gasteiger partial charge in [0.1, 0.15) is 0 Å². The van der Waals surface area contributed by atoms with Crippen LogP contribution in [0.4, 0.5) is 8.78 Å². The van der Waals surface area contributed by atoms with Gasteiger partial charge in [-0.2, -0.15) is 4.39 Å². The Bertz CT molecular complexity index is 1070. The van der Waals surface area contributed by atoms with Crippen molar-refractivity contribution in [1.29, 1.82) is 0 Å². The maximum absolute atomic E-state index is 14.1. The first-order chi connectivity index (χ1) is 16.5. The Morgan fingerprint density at radius 3 is 2.35 bits per heavy atom. The third-order valence-electron chi connectivity index (χ3n) is 5.63. The molecule has 0 spiro atoms. The summed E-state index contributed by atoms with van der Waals surface area (Å²) in [4.78, 5) is 8.84. The summed E-state index contributed by atoms with van der Waals surface area (Å²) < 4.78 is 33.6. The fourth-order valence-corrected chi connectivity index (χ4v) is 3.60. The Morgan fingerprint density at radius 1 is 0.941 bits per heavy atom. The lowest BCUT2D eigenvalue weighted by molar-refractivity contribution is 0.0566. The molecule has 0 radical (unpaired) electrons. The van der Waals surface area contributed by atoms with E-state index < -0.39 is 17.4 Å². The number of aromatic hydroxyl groups is 1. The van der Waals surface area contributed by atoms with E-state index in [0.717, 1.165) is 49.5 Å². The van der Waals surface area contributed by atoms with Gasteiger partial charge in [0.15, 0.2) is 17.4 Å². The third-order valence-corrected chi connectivity index (χ3v) is 5.63. The van der Waals surface area contributed by atoms with E-state index in [-0.39, 0.29) is 5.56 Å². The molecule has 0 aliphatic heterocycles. The van der Waals surface area contributed by atoms with Crippen molar-refractivity contribution in [2.75, 3.05) is 6.61 Å². The van der Waals surface area contributed by atoms with Crippen LogP contribution in [0, 0.1) is 11.6 Å². The largest absolute Gasteiger partial charge is 0.505 e. The van der Waals surface area contributed by atoms with E-state index in [1.807, 2.05) is 6.08 Å². The Kier molecular flexibility index (Phi) is 9.71. The summed E-state index contributed by atoms with van der Waals surface area (Å²) in [5.74, 6) is -2.48. The number of hydrogen-bond donors (Lipinski definition) is 1. The lowest BCUT2D eigenvalue weighted by atomic mass is 10.0. The van der Waals surface area contributed by atoms with E-state index in [1.54, 1.807) is 36.7 Å². The minimum absolute atomic E-state index is 0.0840. The zero-order valence-corrected chi connectivity index (χ0v) is 19.8. The summed E-state index contributed by atoms with van der Waals surface area (Å²) in [6.45, 7) is 5.18. The van der Waals surface area contributed by atoms with Crippen LogP contribution in [-0.4, -0.2) is 27.8 Å². The molecule has 1 atom stereocenters. The highest BCUT2D eigenvalue weighted by Crippen LogP contribution is 2.30. The number of rotatable bonds is 12. The molecule has 0 bridgehead atoms. The highest BCUT2D eigenvalue weighted by Gasteiger charge is 2.14. The maximum atomic E-state index is 14.1. The molecule has 0 saturated carbocycles. The molecule has 180 valence electrons. The Morgan fingerprint density at radius 2 is 1.65 bits per heavy atom. The van der Waals surface area contributed by atoms with Crippen molar-refractivity contribution in [2.45, 2.75) is 58.5 Å². The second-order valence-electron chi connectivity index (χ2n) is 8.40. The molecule has 0 amide bonds. The highest BCUT2D eigenvalue weighted by molar-refractivity contribution is 5.69. The molecule has 0 saturated heterocycles. The predicted molar refractivity (Wildman–Crippen MR) is 132 cm³/mol. The lowest BCUT2D eigenvalue weighted by Crippen LogP contribution is -2.08. The van der Waals surface area contributed by atoms with E-state index in [1.165, 1.54) is 18.9 Å². The van der Waals surface area contributed by atoms with Crippen molar-refractivity contribution in [3.63, 3.8) is 0 Å². The van der Waals surface area contributed by atoms with Gasteiger partial charge in [0.25, 0.3) is 0 Å². The predicted octanol–water partition coefficient (Wildman–Crippen LogP) is 7.57. The van der Waals surface area contributed by atoms with Crippen molar-refractivity contribution in [2.24, 2.45) is 0 Å². The molecule has 1 unspecified atom stereocenters. The molecule has 2 aromatic carbocycles. The Hall–Kier alpha value is -3.12. The van der Waals surface area contributed by atoms with E-state index >= 15 is 0 Å². The molecule has 0 aliphatic rings. The summed E-state index contributed by atoms with van der Waals surface area (Å²) in [6.07, 6.45) is 14.6. The van der Waals surface area contributed by atoms with E-state index in [9.17, 15) is 13.9 Å². The molecule has 34 heavy (non-hydrogen) atoms. The van der Waals surface area contributed by atoms with Crippen LogP contribution in [0.5, 0.6) is 5.75 Å². The average molecular weight is 467 g/mol. The van der Waals surface area contributed by atoms with Gasteiger partial charge >= 0.3 is 0 Å². The van der Waals surface area contributed by atoms with Crippen molar-refractivity contribution in [1.82, 2.24) is 9.97 Å². The molecule has 1 heterocycles. The second kappa shape index (κ2) is 12.9. The SMILES string of the molecule is CCCCCOC(C)CCC/C=C/c1cnc(-c2ccc(-c3ccc(O)c(F)c3F)cc2)nc1. The smallest absolute Gasteiger partial charge is 0.200 e. The van der Waals surface area contributed by atoms with Gasteiger partial charge in [0.05, 0.1) is 6.10 Å². The van der Waals surface area contributed by atoms with Gasteiger partial charge in [0, 0.05) is 35.7 Å². The fraction of sp³-hybridized carbons (Fsp3) is 0.357. The first-order valence-corrected chi connectivity index (χ1v) is 11.9. The van der Waals surface area contributed by atoms with Gasteiger partial charge in [0.2, 0.25) is 5.82 Å². The highest BCUT2D eigenvalue weighted by atomic mass is 19.2. The number of phenols is 1. The number of hydrogen-bond acceptors (Lipinski definition) is 4. The number of benzene rings is 2. The number of halogens is 2. The summed E-state index contributed by atoms with van der Waals surface area (Å²) in [5.41, 5.74) is 2.28. The van der Waals surface area contributed by atoms with Crippen LogP contribution in [-0.2, 0) is 4.74 Å². The molecule has 0 aliphatic carbocycles.